The zero-order valence-electron chi connectivity index (χ0n) is 10.0. The minimum absolute atomic E-state index is 0.142. The average Bonchev–Trinajstić information content (AvgIpc) is 2.97. The lowest BCUT2D eigenvalue weighted by molar-refractivity contribution is 0.610. The summed E-state index contributed by atoms with van der Waals surface area (Å²) in [5.41, 5.74) is 9.00. The van der Waals surface area contributed by atoms with Crippen LogP contribution in [0.15, 0.2) is 28.9 Å². The Balaban J connectivity index is 1.97. The van der Waals surface area contributed by atoms with Gasteiger partial charge in [-0.2, -0.15) is 0 Å². The number of rotatable bonds is 3. The molecule has 1 aliphatic carbocycles. The van der Waals surface area contributed by atoms with Gasteiger partial charge in [-0.1, -0.05) is 12.1 Å². The van der Waals surface area contributed by atoms with Gasteiger partial charge in [-0.25, -0.2) is 0 Å². The van der Waals surface area contributed by atoms with Gasteiger partial charge in [0.25, 0.3) is 0 Å². The molecule has 3 rings (SSSR count). The summed E-state index contributed by atoms with van der Waals surface area (Å²) in [6.07, 6.45) is 6.70. The highest BCUT2D eigenvalue weighted by Gasteiger charge is 2.37. The largest absolute Gasteiger partial charge is 0.349 e. The molecule has 2 aromatic rings. The number of fused-ring (bicyclic) bond motifs is 1. The Bertz CT molecular complexity index is 567. The molecule has 0 atom stereocenters. The minimum Gasteiger partial charge on any atom is -0.349 e. The van der Waals surface area contributed by atoms with E-state index >= 15 is 0 Å². The van der Waals surface area contributed by atoms with E-state index in [0.717, 1.165) is 12.8 Å². The Morgan fingerprint density at radius 1 is 1.41 bits per heavy atom. The minimum atomic E-state index is 0.142. The van der Waals surface area contributed by atoms with E-state index in [0.29, 0.717) is 0 Å². The van der Waals surface area contributed by atoms with E-state index in [9.17, 15) is 0 Å². The molecule has 0 amide bonds. The van der Waals surface area contributed by atoms with E-state index in [1.807, 2.05) is 0 Å². The summed E-state index contributed by atoms with van der Waals surface area (Å²) in [4.78, 5) is 0. The topological polar surface area (TPSA) is 30.9 Å². The third kappa shape index (κ3) is 2.02. The van der Waals surface area contributed by atoms with Crippen molar-refractivity contribution in [2.45, 2.75) is 31.2 Å². The van der Waals surface area contributed by atoms with Crippen LogP contribution in [-0.4, -0.2) is 10.1 Å². The quantitative estimate of drug-likeness (QED) is 0.924. The van der Waals surface area contributed by atoms with Crippen molar-refractivity contribution >= 4 is 26.8 Å². The number of nitrogens with zero attached hydrogens (tertiary/aromatic N) is 1. The van der Waals surface area contributed by atoms with Crippen LogP contribution in [0.4, 0.5) is 0 Å². The van der Waals surface area contributed by atoms with Gasteiger partial charge in [0, 0.05) is 34.2 Å². The Morgan fingerprint density at radius 2 is 2.18 bits per heavy atom. The molecule has 0 bridgehead atoms. The first kappa shape index (κ1) is 11.3. The predicted molar refractivity (Wildman–Crippen MR) is 75.1 cm³/mol. The number of hydrogen-bond donors (Lipinski definition) is 1. The maximum atomic E-state index is 6.16. The lowest BCUT2D eigenvalue weighted by Crippen LogP contribution is -2.22. The Hall–Kier alpha value is -0.800. The van der Waals surface area contributed by atoms with Gasteiger partial charge in [0.2, 0.25) is 0 Å². The molecular formula is C14H17BrN2. The smallest absolute Gasteiger partial charge is 0.0492 e. The number of halogens is 1. The third-order valence-electron chi connectivity index (χ3n) is 3.84. The summed E-state index contributed by atoms with van der Waals surface area (Å²) >= 11 is 3.65. The monoisotopic (exact) mass is 292 g/mol. The molecule has 0 aliphatic heterocycles. The zero-order valence-corrected chi connectivity index (χ0v) is 11.6. The molecule has 3 heteroatoms. The maximum absolute atomic E-state index is 6.16. The van der Waals surface area contributed by atoms with Crippen LogP contribution in [0.2, 0.25) is 0 Å². The fourth-order valence-corrected chi connectivity index (χ4v) is 3.23. The normalized spacial score (nSPS) is 17.6. The molecule has 0 unspecified atom stereocenters. The summed E-state index contributed by atoms with van der Waals surface area (Å²) in [5, 5.41) is 1.35. The summed E-state index contributed by atoms with van der Waals surface area (Å²) in [6.45, 7) is 0. The summed E-state index contributed by atoms with van der Waals surface area (Å²) in [7, 11) is 2.09. The van der Waals surface area contributed by atoms with Gasteiger partial charge in [0.05, 0.1) is 0 Å². The van der Waals surface area contributed by atoms with Crippen LogP contribution in [0.1, 0.15) is 24.8 Å². The zero-order chi connectivity index (χ0) is 12.0. The van der Waals surface area contributed by atoms with Gasteiger partial charge in [-0.3, -0.25) is 0 Å². The lowest BCUT2D eigenvalue weighted by atomic mass is 10.0. The van der Waals surface area contributed by atoms with Crippen molar-refractivity contribution in [1.29, 1.82) is 0 Å². The second-order valence-corrected chi connectivity index (χ2v) is 6.12. The Labute approximate surface area is 110 Å². The third-order valence-corrected chi connectivity index (χ3v) is 4.44. The molecule has 1 aromatic heterocycles. The number of aromatic nitrogens is 1. The van der Waals surface area contributed by atoms with Crippen LogP contribution < -0.4 is 5.73 Å². The molecule has 90 valence electrons. The molecule has 1 aromatic carbocycles. The Morgan fingerprint density at radius 3 is 2.88 bits per heavy atom. The van der Waals surface area contributed by atoms with Crippen molar-refractivity contribution in [2.75, 3.05) is 0 Å². The fourth-order valence-electron chi connectivity index (χ4n) is 2.46. The van der Waals surface area contributed by atoms with Crippen molar-refractivity contribution in [2.24, 2.45) is 12.8 Å². The molecular weight excluding hydrogens is 276 g/mol. The van der Waals surface area contributed by atoms with E-state index < -0.39 is 0 Å². The van der Waals surface area contributed by atoms with E-state index in [1.165, 1.54) is 33.8 Å². The standard InChI is InChI=1S/C14H17BrN2/c1-17-9-11(15)13-10(3-2-4-12(13)17)5-6-14(16)7-8-14/h2-4,9H,5-8,16H2,1H3. The second kappa shape index (κ2) is 3.85. The van der Waals surface area contributed by atoms with Crippen molar-refractivity contribution in [1.82, 2.24) is 4.57 Å². The van der Waals surface area contributed by atoms with Gasteiger partial charge in [0.15, 0.2) is 0 Å². The number of benzene rings is 1. The first-order valence-corrected chi connectivity index (χ1v) is 6.90. The SMILES string of the molecule is Cn1cc(Br)c2c(CCC3(N)CC3)cccc21. The summed E-state index contributed by atoms with van der Waals surface area (Å²) in [6, 6.07) is 6.53. The van der Waals surface area contributed by atoms with Gasteiger partial charge in [0.1, 0.15) is 0 Å². The first-order chi connectivity index (χ1) is 8.09. The molecule has 2 nitrogen and oxygen atoms in total. The van der Waals surface area contributed by atoms with Gasteiger partial charge in [-0.15, -0.1) is 0 Å². The highest BCUT2D eigenvalue weighted by Crippen LogP contribution is 2.38. The van der Waals surface area contributed by atoms with Crippen molar-refractivity contribution in [3.8, 4) is 0 Å². The van der Waals surface area contributed by atoms with Gasteiger partial charge < -0.3 is 10.3 Å². The van der Waals surface area contributed by atoms with Gasteiger partial charge in [-0.05, 0) is 53.2 Å². The molecule has 1 saturated carbocycles. The van der Waals surface area contributed by atoms with Gasteiger partial charge >= 0.3 is 0 Å². The first-order valence-electron chi connectivity index (χ1n) is 6.10. The lowest BCUT2D eigenvalue weighted by Gasteiger charge is -2.09. The molecule has 1 heterocycles. The summed E-state index contributed by atoms with van der Waals surface area (Å²) < 4.78 is 3.35. The molecule has 0 saturated heterocycles. The van der Waals surface area contributed by atoms with Crippen LogP contribution >= 0.6 is 15.9 Å². The molecule has 1 aliphatic rings. The summed E-state index contributed by atoms with van der Waals surface area (Å²) in [5.74, 6) is 0. The molecule has 0 spiro atoms. The highest BCUT2D eigenvalue weighted by molar-refractivity contribution is 9.10. The van der Waals surface area contributed by atoms with Crippen molar-refractivity contribution in [3.05, 3.63) is 34.4 Å². The number of hydrogen-bond acceptors (Lipinski definition) is 1. The molecule has 2 N–H and O–H groups in total. The van der Waals surface area contributed by atoms with E-state index in [1.54, 1.807) is 0 Å². The van der Waals surface area contributed by atoms with Crippen molar-refractivity contribution < 1.29 is 0 Å². The molecule has 1 fully saturated rings. The van der Waals surface area contributed by atoms with Crippen LogP contribution in [-0.2, 0) is 13.5 Å². The van der Waals surface area contributed by atoms with E-state index in [2.05, 4.69) is 51.9 Å². The highest BCUT2D eigenvalue weighted by atomic mass is 79.9. The average molecular weight is 293 g/mol. The van der Waals surface area contributed by atoms with Crippen molar-refractivity contribution in [3.63, 3.8) is 0 Å². The Kier molecular flexibility index (Phi) is 2.56. The number of nitrogens with two attached hydrogens (primary N) is 1. The second-order valence-electron chi connectivity index (χ2n) is 5.26. The number of aryl methyl sites for hydroxylation is 2. The predicted octanol–water partition coefficient (Wildman–Crippen LogP) is 3.36. The van der Waals surface area contributed by atoms with E-state index in [4.69, 9.17) is 5.73 Å². The van der Waals surface area contributed by atoms with E-state index in [-0.39, 0.29) is 5.54 Å². The van der Waals surface area contributed by atoms with Crippen LogP contribution in [0.5, 0.6) is 0 Å². The van der Waals surface area contributed by atoms with Crippen LogP contribution in [0.3, 0.4) is 0 Å². The van der Waals surface area contributed by atoms with Crippen LogP contribution in [0.25, 0.3) is 10.9 Å². The maximum Gasteiger partial charge on any atom is 0.0492 e. The molecule has 17 heavy (non-hydrogen) atoms. The fraction of sp³-hybridized carbons (Fsp3) is 0.429. The molecule has 0 radical (unpaired) electrons. The van der Waals surface area contributed by atoms with Crippen LogP contribution in [0, 0.1) is 0 Å².